The van der Waals surface area contributed by atoms with Crippen LogP contribution in [0.4, 0.5) is 0 Å². The Morgan fingerprint density at radius 3 is 2.72 bits per heavy atom. The van der Waals surface area contributed by atoms with Crippen LogP contribution >= 0.6 is 0 Å². The minimum Gasteiger partial charge on any atom is -0.852 e. The Bertz CT molecular complexity index is 914. The topological polar surface area (TPSA) is 69.6 Å². The van der Waals surface area contributed by atoms with Crippen molar-refractivity contribution in [3.8, 4) is 0 Å². The van der Waals surface area contributed by atoms with E-state index >= 15 is 0 Å². The maximum atomic E-state index is 12.5. The van der Waals surface area contributed by atoms with Gasteiger partial charge in [-0.25, -0.2) is 4.79 Å². The lowest BCUT2D eigenvalue weighted by atomic mass is 9.60. The van der Waals surface area contributed by atoms with Crippen LogP contribution in [0.1, 0.15) is 112 Å². The number of aliphatic hydroxyl groups excluding tert-OH is 1. The van der Waals surface area contributed by atoms with Gasteiger partial charge in [0.15, 0.2) is 0 Å². The maximum Gasteiger partial charge on any atom is 0.334 e. The van der Waals surface area contributed by atoms with Crippen LogP contribution in [0.2, 0.25) is 0 Å². The van der Waals surface area contributed by atoms with Gasteiger partial charge in [-0.15, -0.1) is 6.10 Å². The minimum absolute atomic E-state index is 0.00923. The summed E-state index contributed by atoms with van der Waals surface area (Å²) in [4.78, 5) is 12.2. The molecular formula is C35H55O4-. The van der Waals surface area contributed by atoms with Crippen LogP contribution in [0.5, 0.6) is 0 Å². The summed E-state index contributed by atoms with van der Waals surface area (Å²) >= 11 is 0. The molecule has 0 aromatic heterocycles. The maximum absolute atomic E-state index is 12.5. The molecule has 4 nitrogen and oxygen atoms in total. The molecule has 3 rings (SSSR count). The Kier molecular flexibility index (Phi) is 12.1. The van der Waals surface area contributed by atoms with Crippen LogP contribution < -0.4 is 5.11 Å². The number of carbonyl (C=O) groups is 1. The van der Waals surface area contributed by atoms with Crippen molar-refractivity contribution < 1.29 is 19.7 Å². The van der Waals surface area contributed by atoms with E-state index in [9.17, 15) is 9.90 Å². The molecule has 1 N–H and O–H groups in total. The second-order valence-corrected chi connectivity index (χ2v) is 12.8. The van der Waals surface area contributed by atoms with E-state index in [2.05, 4.69) is 46.4 Å². The summed E-state index contributed by atoms with van der Waals surface area (Å²) < 4.78 is 5.77. The quantitative estimate of drug-likeness (QED) is 0.141. The molecule has 0 aromatic carbocycles. The Morgan fingerprint density at radius 2 is 2.05 bits per heavy atom. The molecule has 3 fully saturated rings. The highest BCUT2D eigenvalue weighted by molar-refractivity contribution is 5.90. The first kappa shape index (κ1) is 31.9. The van der Waals surface area contributed by atoms with Crippen molar-refractivity contribution in [2.24, 2.45) is 35.0 Å². The van der Waals surface area contributed by atoms with Crippen molar-refractivity contribution in [3.63, 3.8) is 0 Å². The fourth-order valence-corrected chi connectivity index (χ4v) is 8.15. The Morgan fingerprint density at radius 1 is 1.28 bits per heavy atom. The van der Waals surface area contributed by atoms with Crippen LogP contribution in [0.25, 0.3) is 0 Å². The molecule has 0 amide bonds. The van der Waals surface area contributed by atoms with Gasteiger partial charge in [-0.05, 0) is 99.7 Å². The molecule has 1 heterocycles. The Labute approximate surface area is 238 Å². The van der Waals surface area contributed by atoms with Gasteiger partial charge < -0.3 is 14.9 Å². The lowest BCUT2D eigenvalue weighted by Gasteiger charge is -2.44. The molecule has 8 atom stereocenters. The van der Waals surface area contributed by atoms with E-state index in [1.54, 1.807) is 5.57 Å². The number of hydrogen-bond donors (Lipinski definition) is 1. The minimum atomic E-state index is -0.578. The fraction of sp³-hybridized carbons (Fsp3) is 0.743. The van der Waals surface area contributed by atoms with Crippen molar-refractivity contribution in [1.82, 2.24) is 0 Å². The van der Waals surface area contributed by atoms with Gasteiger partial charge in [-0.3, -0.25) is 0 Å². The van der Waals surface area contributed by atoms with Crippen LogP contribution in [0.3, 0.4) is 0 Å². The molecule has 220 valence electrons. The molecule has 0 spiro atoms. The third-order valence-electron chi connectivity index (χ3n) is 10.5. The summed E-state index contributed by atoms with van der Waals surface area (Å²) in [6.45, 7) is 15.4. The number of carbonyl (C=O) groups excluding carboxylic acids is 1. The van der Waals surface area contributed by atoms with Crippen molar-refractivity contribution in [2.75, 3.05) is 6.61 Å². The number of allylic oxidation sites excluding steroid dienone is 4. The third-order valence-corrected chi connectivity index (χ3v) is 10.5. The van der Waals surface area contributed by atoms with E-state index in [4.69, 9.17) is 9.84 Å². The number of aliphatic hydroxyl groups is 1. The normalized spacial score (nSPS) is 33.0. The van der Waals surface area contributed by atoms with Crippen molar-refractivity contribution in [2.45, 2.75) is 124 Å². The smallest absolute Gasteiger partial charge is 0.334 e. The van der Waals surface area contributed by atoms with Gasteiger partial charge in [0.25, 0.3) is 0 Å². The van der Waals surface area contributed by atoms with Gasteiger partial charge >= 0.3 is 5.97 Å². The molecule has 1 saturated heterocycles. The molecule has 0 radical (unpaired) electrons. The van der Waals surface area contributed by atoms with E-state index in [0.29, 0.717) is 41.6 Å². The molecule has 2 aliphatic carbocycles. The summed E-state index contributed by atoms with van der Waals surface area (Å²) in [5.41, 5.74) is 4.02. The van der Waals surface area contributed by atoms with Gasteiger partial charge in [0, 0.05) is 18.1 Å². The lowest BCUT2D eigenvalue weighted by Crippen LogP contribution is -2.37. The molecule has 0 unspecified atom stereocenters. The summed E-state index contributed by atoms with van der Waals surface area (Å²) in [5, 5.41) is 21.6. The first-order chi connectivity index (χ1) is 18.7. The molecule has 39 heavy (non-hydrogen) atoms. The standard InChI is InChI=1S/C35H55O4/c1-7-26(16-18-28(32(37)9-3)13-10-11-22-36)15-17-27-14-12-21-35(6)30(19-20-31(27)35)24(4)23-33-29(8-2)25(5)34(38)39-33/h10,13,15,17,24,28-33,36H,5,7-9,11-12,14,16,18-23H2,1-4,6H3/q-1/b13-10?,26-15+,27-17+/t24-,28+,29-,30-,31+,32-,33+,35-/m1/s1. The SMILES string of the molecule is C=C1C(=O)O[C@@H](C[C@@H](C)[C@H]2CC[C@H]3/C(=C/C=C(\CC)CC[C@H](C=CCCO)[C@H]([O-])CC)CCC[C@]23C)[C@@H]1CC. The highest BCUT2D eigenvalue weighted by atomic mass is 16.6. The van der Waals surface area contributed by atoms with Crippen LogP contribution in [0.15, 0.2) is 47.6 Å². The third kappa shape index (κ3) is 7.55. The van der Waals surface area contributed by atoms with Gasteiger partial charge in [-0.1, -0.05) is 83.1 Å². The fourth-order valence-electron chi connectivity index (χ4n) is 8.15. The number of hydrogen-bond acceptors (Lipinski definition) is 4. The Balaban J connectivity index is 1.67. The van der Waals surface area contributed by atoms with E-state index in [1.807, 2.05) is 19.1 Å². The second-order valence-electron chi connectivity index (χ2n) is 12.8. The molecule has 0 aromatic rings. The lowest BCUT2D eigenvalue weighted by molar-refractivity contribution is -0.430. The predicted molar refractivity (Wildman–Crippen MR) is 159 cm³/mol. The number of cyclic esters (lactones) is 1. The molecule has 2 saturated carbocycles. The van der Waals surface area contributed by atoms with Crippen LogP contribution in [0, 0.1) is 35.0 Å². The summed E-state index contributed by atoms with van der Waals surface area (Å²) in [6, 6.07) is 0. The zero-order valence-corrected chi connectivity index (χ0v) is 25.4. The number of fused-ring (bicyclic) bond motifs is 1. The van der Waals surface area contributed by atoms with Crippen molar-refractivity contribution in [3.05, 3.63) is 47.6 Å². The molecule has 3 aliphatic rings. The van der Waals surface area contributed by atoms with Gasteiger partial charge in [0.05, 0.1) is 0 Å². The monoisotopic (exact) mass is 539 g/mol. The summed E-state index contributed by atoms with van der Waals surface area (Å²) in [7, 11) is 0. The van der Waals surface area contributed by atoms with E-state index in [0.717, 1.165) is 32.1 Å². The molecule has 0 bridgehead atoms. The number of ether oxygens (including phenoxy) is 1. The predicted octanol–water partition coefficient (Wildman–Crippen LogP) is 7.47. The zero-order chi connectivity index (χ0) is 28.6. The van der Waals surface area contributed by atoms with Gasteiger partial charge in [-0.2, -0.15) is 0 Å². The van der Waals surface area contributed by atoms with E-state index in [1.165, 1.54) is 37.7 Å². The van der Waals surface area contributed by atoms with Crippen LogP contribution in [-0.2, 0) is 9.53 Å². The molecular weight excluding hydrogens is 484 g/mol. The number of esters is 1. The first-order valence-electron chi connectivity index (χ1n) is 15.9. The molecule has 4 heteroatoms. The molecule has 1 aliphatic heterocycles. The zero-order valence-electron chi connectivity index (χ0n) is 25.4. The summed E-state index contributed by atoms with van der Waals surface area (Å²) in [5.74, 6) is 1.82. The van der Waals surface area contributed by atoms with E-state index in [-0.39, 0.29) is 30.5 Å². The number of rotatable bonds is 14. The Hall–Kier alpha value is -1.65. The van der Waals surface area contributed by atoms with Crippen molar-refractivity contribution in [1.29, 1.82) is 0 Å². The second kappa shape index (κ2) is 14.8. The summed E-state index contributed by atoms with van der Waals surface area (Å²) in [6.07, 6.45) is 20.4. The highest BCUT2D eigenvalue weighted by Crippen LogP contribution is 2.60. The van der Waals surface area contributed by atoms with Gasteiger partial charge in [0.2, 0.25) is 0 Å². The van der Waals surface area contributed by atoms with Gasteiger partial charge in [0.1, 0.15) is 6.10 Å². The van der Waals surface area contributed by atoms with Crippen LogP contribution in [-0.4, -0.2) is 29.9 Å². The average Bonchev–Trinajstić information content (AvgIpc) is 3.42. The highest BCUT2D eigenvalue weighted by Gasteiger charge is 2.51. The largest absolute Gasteiger partial charge is 0.852 e. The van der Waals surface area contributed by atoms with E-state index < -0.39 is 6.10 Å². The first-order valence-corrected chi connectivity index (χ1v) is 15.9. The average molecular weight is 540 g/mol. The van der Waals surface area contributed by atoms with Crippen molar-refractivity contribution >= 4 is 5.97 Å².